The maximum atomic E-state index is 13.3. The zero-order valence-electron chi connectivity index (χ0n) is 23.0. The van der Waals surface area contributed by atoms with Crippen molar-refractivity contribution >= 4 is 10.9 Å². The third-order valence-corrected chi connectivity index (χ3v) is 7.32. The Balaban J connectivity index is 1.55. The van der Waals surface area contributed by atoms with Crippen LogP contribution in [-0.4, -0.2) is 57.0 Å². The van der Waals surface area contributed by atoms with E-state index >= 15 is 0 Å². The van der Waals surface area contributed by atoms with Crippen LogP contribution < -0.4 is 15.0 Å². The fourth-order valence-electron chi connectivity index (χ4n) is 5.41. The number of hydrogen-bond donors (Lipinski definition) is 1. The van der Waals surface area contributed by atoms with Gasteiger partial charge in [-0.3, -0.25) is 9.69 Å². The van der Waals surface area contributed by atoms with E-state index in [9.17, 15) is 4.79 Å². The van der Waals surface area contributed by atoms with Crippen LogP contribution in [0.25, 0.3) is 10.9 Å². The van der Waals surface area contributed by atoms with Gasteiger partial charge in [-0.1, -0.05) is 32.0 Å². The Morgan fingerprint density at radius 2 is 1.92 bits per heavy atom. The number of tetrazole rings is 1. The molecule has 1 aliphatic rings. The normalized spacial score (nSPS) is 16.3. The molecule has 4 aromatic rings. The Hall–Kier alpha value is -3.76. The maximum Gasteiger partial charge on any atom is 0.252 e. The van der Waals surface area contributed by atoms with Crippen molar-refractivity contribution in [1.29, 1.82) is 0 Å². The average molecular weight is 533 g/mol. The summed E-state index contributed by atoms with van der Waals surface area (Å²) < 4.78 is 18.7. The Bertz CT molecular complexity index is 1460. The van der Waals surface area contributed by atoms with Crippen LogP contribution in [0.5, 0.6) is 11.5 Å². The van der Waals surface area contributed by atoms with Crippen LogP contribution in [0.4, 0.5) is 0 Å². The molecule has 0 amide bonds. The second-order valence-electron chi connectivity index (χ2n) is 10.3. The van der Waals surface area contributed by atoms with Crippen molar-refractivity contribution in [3.8, 4) is 11.5 Å². The summed E-state index contributed by atoms with van der Waals surface area (Å²) in [7, 11) is 3.29. The molecule has 0 spiro atoms. The van der Waals surface area contributed by atoms with Crippen molar-refractivity contribution < 1.29 is 14.2 Å². The number of aromatic amines is 1. The summed E-state index contributed by atoms with van der Waals surface area (Å²) in [5.74, 6) is 2.40. The number of pyridine rings is 1. The molecule has 1 fully saturated rings. The van der Waals surface area contributed by atoms with Crippen LogP contribution in [0.15, 0.2) is 53.3 Å². The number of nitrogens with one attached hydrogen (secondary N) is 1. The first kappa shape index (κ1) is 26.8. The fraction of sp³-hybridized carbons (Fsp3) is 0.448. The molecule has 3 heterocycles. The molecule has 2 aromatic carbocycles. The highest BCUT2D eigenvalue weighted by molar-refractivity contribution is 5.80. The molecule has 5 rings (SSSR count). The van der Waals surface area contributed by atoms with Gasteiger partial charge in [0.1, 0.15) is 11.5 Å². The van der Waals surface area contributed by atoms with E-state index in [1.807, 2.05) is 47.1 Å². The standard InChI is InChI=1S/C29H36N6O4/c1-19(2)27(28-31-32-33-35(28)18-24-9-7-13-39-24)34(16-21-8-5-6-10-26(21)38-4)17-22-14-20-11-12-23(37-3)15-25(20)30-29(22)36/h5-6,8,10-12,14-15,19,24,27H,7,9,13,16-18H2,1-4H3,(H,30,36)/t24-,27-/m0/s1. The summed E-state index contributed by atoms with van der Waals surface area (Å²) in [4.78, 5) is 18.6. The number of aromatic nitrogens is 5. The molecule has 0 radical (unpaired) electrons. The lowest BCUT2D eigenvalue weighted by Crippen LogP contribution is -2.36. The van der Waals surface area contributed by atoms with Gasteiger partial charge in [-0.05, 0) is 58.8 Å². The van der Waals surface area contributed by atoms with Gasteiger partial charge >= 0.3 is 0 Å². The van der Waals surface area contributed by atoms with E-state index in [0.29, 0.717) is 30.9 Å². The Morgan fingerprint density at radius 1 is 1.10 bits per heavy atom. The first-order chi connectivity index (χ1) is 19.0. The van der Waals surface area contributed by atoms with E-state index < -0.39 is 0 Å². The molecule has 1 saturated heterocycles. The summed E-state index contributed by atoms with van der Waals surface area (Å²) >= 11 is 0. The lowest BCUT2D eigenvalue weighted by atomic mass is 9.99. The SMILES string of the molecule is COc1ccc2cc(CN(Cc3ccccc3OC)[C@H](c3nnnn3C[C@@H]3CCCO3)C(C)C)c(=O)[nH]c2c1. The Labute approximate surface area is 227 Å². The van der Waals surface area contributed by atoms with Crippen LogP contribution in [0.3, 0.4) is 0 Å². The minimum absolute atomic E-state index is 0.100. The molecule has 10 heteroatoms. The summed E-state index contributed by atoms with van der Waals surface area (Å²) in [6, 6.07) is 15.4. The van der Waals surface area contributed by atoms with Crippen LogP contribution in [0.1, 0.15) is 49.7 Å². The molecular weight excluding hydrogens is 496 g/mol. The van der Waals surface area contributed by atoms with E-state index in [4.69, 9.17) is 14.2 Å². The van der Waals surface area contributed by atoms with Crippen molar-refractivity contribution in [3.05, 3.63) is 75.8 Å². The van der Waals surface area contributed by atoms with Gasteiger partial charge in [-0.25, -0.2) is 4.68 Å². The number of para-hydroxylation sites is 1. The van der Waals surface area contributed by atoms with Crippen molar-refractivity contribution in [2.24, 2.45) is 5.92 Å². The number of rotatable bonds is 11. The predicted octanol–water partition coefficient (Wildman–Crippen LogP) is 4.11. The van der Waals surface area contributed by atoms with Crippen LogP contribution in [-0.2, 0) is 24.4 Å². The number of benzene rings is 2. The zero-order chi connectivity index (χ0) is 27.4. The summed E-state index contributed by atoms with van der Waals surface area (Å²) in [6.45, 7) is 6.62. The van der Waals surface area contributed by atoms with Crippen molar-refractivity contribution in [3.63, 3.8) is 0 Å². The molecule has 0 aliphatic carbocycles. The summed E-state index contributed by atoms with van der Waals surface area (Å²) in [6.07, 6.45) is 2.14. The van der Waals surface area contributed by atoms with E-state index in [0.717, 1.165) is 47.5 Å². The van der Waals surface area contributed by atoms with Gasteiger partial charge < -0.3 is 19.2 Å². The summed E-state index contributed by atoms with van der Waals surface area (Å²) in [5.41, 5.74) is 2.28. The van der Waals surface area contributed by atoms with E-state index in [2.05, 4.69) is 45.3 Å². The minimum atomic E-state index is -0.169. The second-order valence-corrected chi connectivity index (χ2v) is 10.3. The molecule has 1 N–H and O–H groups in total. The van der Waals surface area contributed by atoms with Gasteiger partial charge in [0, 0.05) is 36.9 Å². The number of nitrogens with zero attached hydrogens (tertiary/aromatic N) is 5. The predicted molar refractivity (Wildman–Crippen MR) is 148 cm³/mol. The number of hydrogen-bond acceptors (Lipinski definition) is 8. The highest BCUT2D eigenvalue weighted by atomic mass is 16.5. The molecule has 206 valence electrons. The molecule has 2 aromatic heterocycles. The average Bonchev–Trinajstić information content (AvgIpc) is 3.62. The first-order valence-electron chi connectivity index (χ1n) is 13.4. The van der Waals surface area contributed by atoms with Gasteiger partial charge in [-0.2, -0.15) is 0 Å². The van der Waals surface area contributed by atoms with E-state index in [1.165, 1.54) is 0 Å². The minimum Gasteiger partial charge on any atom is -0.497 e. The number of fused-ring (bicyclic) bond motifs is 1. The van der Waals surface area contributed by atoms with Gasteiger partial charge in [0.25, 0.3) is 5.56 Å². The molecule has 10 nitrogen and oxygen atoms in total. The topological polar surface area (TPSA) is 107 Å². The number of methoxy groups -OCH3 is 2. The third-order valence-electron chi connectivity index (χ3n) is 7.32. The first-order valence-corrected chi connectivity index (χ1v) is 13.4. The van der Waals surface area contributed by atoms with Crippen LogP contribution in [0.2, 0.25) is 0 Å². The molecule has 0 bridgehead atoms. The van der Waals surface area contributed by atoms with Crippen LogP contribution >= 0.6 is 0 Å². The Kier molecular flexibility index (Phi) is 8.23. The largest absolute Gasteiger partial charge is 0.497 e. The zero-order valence-corrected chi connectivity index (χ0v) is 23.0. The number of ether oxygens (including phenoxy) is 3. The number of H-pyrrole nitrogens is 1. The van der Waals surface area contributed by atoms with Gasteiger partial charge in [0.2, 0.25) is 0 Å². The summed E-state index contributed by atoms with van der Waals surface area (Å²) in [5, 5.41) is 13.8. The molecule has 39 heavy (non-hydrogen) atoms. The van der Waals surface area contributed by atoms with Crippen molar-refractivity contribution in [1.82, 2.24) is 30.1 Å². The second kappa shape index (κ2) is 12.0. The van der Waals surface area contributed by atoms with Crippen LogP contribution in [0, 0.1) is 5.92 Å². The molecule has 0 unspecified atom stereocenters. The molecule has 0 saturated carbocycles. The van der Waals surface area contributed by atoms with E-state index in [1.54, 1.807) is 14.2 Å². The molecule has 1 aliphatic heterocycles. The molecular formula is C29H36N6O4. The highest BCUT2D eigenvalue weighted by Crippen LogP contribution is 2.32. The van der Waals surface area contributed by atoms with Gasteiger partial charge in [0.05, 0.1) is 38.4 Å². The van der Waals surface area contributed by atoms with Gasteiger partial charge in [-0.15, -0.1) is 5.10 Å². The third kappa shape index (κ3) is 5.97. The van der Waals surface area contributed by atoms with Gasteiger partial charge in [0.15, 0.2) is 5.82 Å². The highest BCUT2D eigenvalue weighted by Gasteiger charge is 2.31. The smallest absolute Gasteiger partial charge is 0.252 e. The van der Waals surface area contributed by atoms with E-state index in [-0.39, 0.29) is 23.6 Å². The lowest BCUT2D eigenvalue weighted by Gasteiger charge is -2.34. The monoisotopic (exact) mass is 532 g/mol. The maximum absolute atomic E-state index is 13.3. The fourth-order valence-corrected chi connectivity index (χ4v) is 5.41. The van der Waals surface area contributed by atoms with Crippen molar-refractivity contribution in [2.75, 3.05) is 20.8 Å². The Morgan fingerprint density at radius 3 is 2.67 bits per heavy atom. The quantitative estimate of drug-likeness (QED) is 0.308. The lowest BCUT2D eigenvalue weighted by molar-refractivity contribution is 0.0849. The molecule has 2 atom stereocenters. The van der Waals surface area contributed by atoms with Crippen molar-refractivity contribution in [2.45, 2.75) is 58.5 Å².